The normalized spacial score (nSPS) is 16.1. The summed E-state index contributed by atoms with van der Waals surface area (Å²) in [4.78, 5) is 47.7. The summed E-state index contributed by atoms with van der Waals surface area (Å²) in [5, 5.41) is 4.94. The van der Waals surface area contributed by atoms with Crippen LogP contribution in [-0.4, -0.2) is 69.0 Å². The zero-order chi connectivity index (χ0) is 29.4. The van der Waals surface area contributed by atoms with Gasteiger partial charge in [-0.05, 0) is 30.9 Å². The van der Waals surface area contributed by atoms with Gasteiger partial charge in [-0.15, -0.1) is 24.2 Å². The Bertz CT molecular complexity index is 1210. The van der Waals surface area contributed by atoms with Crippen molar-refractivity contribution >= 4 is 47.9 Å². The number of ether oxygens (including phenoxy) is 1. The molecule has 226 valence electrons. The van der Waals surface area contributed by atoms with Crippen LogP contribution in [-0.2, 0) is 32.1 Å². The smallest absolute Gasteiger partial charge is 0.328 e. The number of halogens is 4. The summed E-state index contributed by atoms with van der Waals surface area (Å²) in [6, 6.07) is -0.300. The number of carbonyl (C=O) groups excluding carboxylic acids is 3. The molecule has 0 aliphatic carbocycles. The molecule has 2 aromatic rings. The Morgan fingerprint density at radius 2 is 1.80 bits per heavy atom. The third-order valence-corrected chi connectivity index (χ3v) is 7.31. The molecule has 3 rings (SSSR count). The lowest BCUT2D eigenvalue weighted by Gasteiger charge is -2.24. The lowest BCUT2D eigenvalue weighted by atomic mass is 10.0. The Hall–Kier alpha value is -3.10. The van der Waals surface area contributed by atoms with Gasteiger partial charge in [-0.25, -0.2) is 27.9 Å². The van der Waals surface area contributed by atoms with Crippen LogP contribution in [0, 0.1) is 23.4 Å². The van der Waals surface area contributed by atoms with Crippen molar-refractivity contribution in [2.45, 2.75) is 57.6 Å². The van der Waals surface area contributed by atoms with E-state index in [4.69, 9.17) is 10.5 Å². The average Bonchev–Trinajstić information content (AvgIpc) is 3.40. The first-order chi connectivity index (χ1) is 19.0. The predicted octanol–water partition coefficient (Wildman–Crippen LogP) is 2.79. The zero-order valence-electron chi connectivity index (χ0n) is 22.9. The van der Waals surface area contributed by atoms with E-state index in [1.807, 2.05) is 13.8 Å². The van der Waals surface area contributed by atoms with Crippen LogP contribution < -0.4 is 16.4 Å². The number of hydrogen-bond donors (Lipinski definition) is 3. The maximum absolute atomic E-state index is 13.9. The van der Waals surface area contributed by atoms with E-state index in [2.05, 4.69) is 20.6 Å². The van der Waals surface area contributed by atoms with Crippen molar-refractivity contribution in [3.63, 3.8) is 0 Å². The van der Waals surface area contributed by atoms with E-state index in [0.29, 0.717) is 23.9 Å². The second-order valence-electron chi connectivity index (χ2n) is 9.59. The third-order valence-electron chi connectivity index (χ3n) is 6.11. The number of hydrogen-bond acceptors (Lipinski definition) is 9. The number of anilines is 1. The molecule has 3 atom stereocenters. The number of thioether (sulfide) groups is 1. The summed E-state index contributed by atoms with van der Waals surface area (Å²) in [6.07, 6.45) is 2.65. The minimum atomic E-state index is -1.30. The van der Waals surface area contributed by atoms with E-state index in [0.717, 1.165) is 6.07 Å². The molecule has 0 bridgehead atoms. The van der Waals surface area contributed by atoms with Crippen molar-refractivity contribution in [3.05, 3.63) is 53.1 Å². The molecule has 0 unspecified atom stereocenters. The summed E-state index contributed by atoms with van der Waals surface area (Å²) < 4.78 is 45.7. The van der Waals surface area contributed by atoms with Gasteiger partial charge in [0.2, 0.25) is 11.9 Å². The first kappa shape index (κ1) is 34.1. The van der Waals surface area contributed by atoms with Crippen LogP contribution >= 0.6 is 24.2 Å². The molecule has 15 heteroatoms. The predicted molar refractivity (Wildman–Crippen MR) is 151 cm³/mol. The lowest BCUT2D eigenvalue weighted by Crippen LogP contribution is -2.46. The van der Waals surface area contributed by atoms with Gasteiger partial charge >= 0.3 is 5.97 Å². The molecule has 2 amide bonds. The largest absolute Gasteiger partial charge is 0.464 e. The maximum Gasteiger partial charge on any atom is 0.328 e. The molecule has 10 nitrogen and oxygen atoms in total. The second-order valence-corrected chi connectivity index (χ2v) is 10.8. The standard InChI is InChI=1S/C26H33F3N6O4S.ClH/c1-4-39-25(38)22(14(2)3)34-26-32-12-15(13-33-26)11-31-23(37)24-35(5-6-40-24)21(36)9-17(30)7-16-8-19(28)20(29)10-18(16)27;/h8,10,12-14,17,22,24H,4-7,9,11,30H2,1-3H3,(H,31,37)(H,32,33,34);1H/t17-,22-,24+;/m1./s1. The number of benzene rings is 1. The number of nitrogens with zero attached hydrogens (tertiary/aromatic N) is 3. The molecule has 2 heterocycles. The molecule has 4 N–H and O–H groups in total. The summed E-state index contributed by atoms with van der Waals surface area (Å²) in [7, 11) is 0. The lowest BCUT2D eigenvalue weighted by molar-refractivity contribution is -0.145. The highest BCUT2D eigenvalue weighted by Crippen LogP contribution is 2.25. The highest BCUT2D eigenvalue weighted by atomic mass is 35.5. The number of nitrogens with one attached hydrogen (secondary N) is 2. The molecule has 1 aliphatic rings. The van der Waals surface area contributed by atoms with Crippen LogP contribution in [0.15, 0.2) is 24.5 Å². The van der Waals surface area contributed by atoms with Crippen LogP contribution in [0.4, 0.5) is 19.1 Å². The fourth-order valence-electron chi connectivity index (χ4n) is 4.02. The Balaban J connectivity index is 0.00000588. The van der Waals surface area contributed by atoms with Crippen molar-refractivity contribution in [3.8, 4) is 0 Å². The summed E-state index contributed by atoms with van der Waals surface area (Å²) in [5.41, 5.74) is 6.47. The molecule has 1 aliphatic heterocycles. The number of carbonyl (C=O) groups is 3. The van der Waals surface area contributed by atoms with Crippen LogP contribution in [0.3, 0.4) is 0 Å². The summed E-state index contributed by atoms with van der Waals surface area (Å²) in [6.45, 7) is 6.16. The average molecular weight is 619 g/mol. The SMILES string of the molecule is CCOC(=O)[C@H](Nc1ncc(CNC(=O)[C@@H]2SCCN2C(=O)C[C@H](N)Cc2cc(F)c(F)cc2F)cn1)C(C)C.Cl. The number of amides is 2. The van der Waals surface area contributed by atoms with E-state index in [1.54, 1.807) is 6.92 Å². The third kappa shape index (κ3) is 9.47. The first-order valence-electron chi connectivity index (χ1n) is 12.8. The highest BCUT2D eigenvalue weighted by molar-refractivity contribution is 8.00. The number of nitrogens with two attached hydrogens (primary N) is 1. The van der Waals surface area contributed by atoms with E-state index < -0.39 is 46.8 Å². The van der Waals surface area contributed by atoms with Crippen molar-refractivity contribution in [2.75, 3.05) is 24.2 Å². The van der Waals surface area contributed by atoms with Gasteiger partial charge in [-0.1, -0.05) is 13.8 Å². The topological polar surface area (TPSA) is 140 Å². The molecule has 1 aromatic carbocycles. The highest BCUT2D eigenvalue weighted by Gasteiger charge is 2.35. The molecule has 1 fully saturated rings. The van der Waals surface area contributed by atoms with E-state index in [1.165, 1.54) is 29.1 Å². The van der Waals surface area contributed by atoms with Gasteiger partial charge in [-0.3, -0.25) is 9.59 Å². The van der Waals surface area contributed by atoms with Crippen molar-refractivity contribution in [1.82, 2.24) is 20.2 Å². The maximum atomic E-state index is 13.9. The number of esters is 1. The van der Waals surface area contributed by atoms with Crippen LogP contribution in [0.5, 0.6) is 0 Å². The molecule has 1 saturated heterocycles. The zero-order valence-corrected chi connectivity index (χ0v) is 24.5. The van der Waals surface area contributed by atoms with Gasteiger partial charge < -0.3 is 26.0 Å². The fourth-order valence-corrected chi connectivity index (χ4v) is 5.19. The van der Waals surface area contributed by atoms with Crippen LogP contribution in [0.1, 0.15) is 38.3 Å². The Morgan fingerprint density at radius 1 is 1.15 bits per heavy atom. The Kier molecular flexibility index (Phi) is 13.1. The van der Waals surface area contributed by atoms with E-state index in [9.17, 15) is 27.6 Å². The molecule has 0 radical (unpaired) electrons. The van der Waals surface area contributed by atoms with Gasteiger partial charge in [-0.2, -0.15) is 0 Å². The van der Waals surface area contributed by atoms with Gasteiger partial charge in [0.1, 0.15) is 11.9 Å². The Morgan fingerprint density at radius 3 is 2.44 bits per heavy atom. The van der Waals surface area contributed by atoms with E-state index >= 15 is 0 Å². The molecule has 0 saturated carbocycles. The van der Waals surface area contributed by atoms with E-state index in [-0.39, 0.29) is 61.7 Å². The minimum absolute atomic E-state index is 0. The number of rotatable bonds is 12. The molecular weight excluding hydrogens is 585 g/mol. The molecule has 41 heavy (non-hydrogen) atoms. The van der Waals surface area contributed by atoms with Crippen molar-refractivity contribution in [1.29, 1.82) is 0 Å². The monoisotopic (exact) mass is 618 g/mol. The van der Waals surface area contributed by atoms with Crippen molar-refractivity contribution in [2.24, 2.45) is 11.7 Å². The van der Waals surface area contributed by atoms with Gasteiger partial charge in [0.15, 0.2) is 17.0 Å². The van der Waals surface area contributed by atoms with Crippen LogP contribution in [0.25, 0.3) is 0 Å². The molecule has 1 aromatic heterocycles. The van der Waals surface area contributed by atoms with Gasteiger partial charge in [0, 0.05) is 55.3 Å². The second kappa shape index (κ2) is 15.8. The van der Waals surface area contributed by atoms with Gasteiger partial charge in [0.05, 0.1) is 6.61 Å². The van der Waals surface area contributed by atoms with Gasteiger partial charge in [0.25, 0.3) is 5.91 Å². The minimum Gasteiger partial charge on any atom is -0.464 e. The Labute approximate surface area is 246 Å². The summed E-state index contributed by atoms with van der Waals surface area (Å²) in [5.74, 6) is -3.91. The van der Waals surface area contributed by atoms with Crippen LogP contribution in [0.2, 0.25) is 0 Å². The summed E-state index contributed by atoms with van der Waals surface area (Å²) >= 11 is 1.29. The first-order valence-corrected chi connectivity index (χ1v) is 13.9. The van der Waals surface area contributed by atoms with Crippen molar-refractivity contribution < 1.29 is 32.3 Å². The number of aromatic nitrogens is 2. The fraction of sp³-hybridized carbons (Fsp3) is 0.500. The quantitative estimate of drug-likeness (QED) is 0.242. The molecular formula is C26H34ClF3N6O4S. The molecule has 0 spiro atoms.